The van der Waals surface area contributed by atoms with Crippen LogP contribution in [0.5, 0.6) is 5.75 Å². The summed E-state index contributed by atoms with van der Waals surface area (Å²) in [5.41, 5.74) is 1.27. The van der Waals surface area contributed by atoms with Gasteiger partial charge in [0.1, 0.15) is 0 Å². The van der Waals surface area contributed by atoms with Gasteiger partial charge in [-0.25, -0.2) is 9.97 Å². The molecule has 5 nitrogen and oxygen atoms in total. The van der Waals surface area contributed by atoms with Crippen molar-refractivity contribution in [1.29, 1.82) is 0 Å². The van der Waals surface area contributed by atoms with E-state index in [2.05, 4.69) is 15.3 Å². The monoisotopic (exact) mass is 219 g/mol. The number of pyridine rings is 1. The van der Waals surface area contributed by atoms with E-state index >= 15 is 0 Å². The normalized spacial score (nSPS) is 20.4. The highest BCUT2D eigenvalue weighted by Crippen LogP contribution is 2.28. The SMILES string of the molecule is COc1ccnc2oc(C3CCNC3)nc12. The summed E-state index contributed by atoms with van der Waals surface area (Å²) in [6, 6.07) is 1.79. The van der Waals surface area contributed by atoms with Gasteiger partial charge in [-0.1, -0.05) is 0 Å². The Hall–Kier alpha value is -1.62. The van der Waals surface area contributed by atoms with E-state index in [1.165, 1.54) is 0 Å². The van der Waals surface area contributed by atoms with Crippen molar-refractivity contribution in [2.75, 3.05) is 20.2 Å². The molecule has 84 valence electrons. The van der Waals surface area contributed by atoms with Crippen LogP contribution in [-0.2, 0) is 0 Å². The number of methoxy groups -OCH3 is 1. The first kappa shape index (κ1) is 9.59. The summed E-state index contributed by atoms with van der Waals surface area (Å²) in [5.74, 6) is 1.84. The summed E-state index contributed by atoms with van der Waals surface area (Å²) in [5, 5.41) is 3.29. The molecular weight excluding hydrogens is 206 g/mol. The molecule has 0 amide bonds. The highest BCUT2D eigenvalue weighted by molar-refractivity contribution is 5.75. The third-order valence-corrected chi connectivity index (χ3v) is 2.91. The Labute approximate surface area is 92.8 Å². The van der Waals surface area contributed by atoms with Crippen molar-refractivity contribution in [3.05, 3.63) is 18.2 Å². The van der Waals surface area contributed by atoms with Crippen LogP contribution in [-0.4, -0.2) is 30.2 Å². The molecule has 0 aliphatic carbocycles. The predicted molar refractivity (Wildman–Crippen MR) is 58.6 cm³/mol. The van der Waals surface area contributed by atoms with Gasteiger partial charge in [-0.3, -0.25) is 0 Å². The number of rotatable bonds is 2. The maximum Gasteiger partial charge on any atom is 0.250 e. The van der Waals surface area contributed by atoms with Crippen LogP contribution in [0.15, 0.2) is 16.7 Å². The lowest BCUT2D eigenvalue weighted by Crippen LogP contribution is -2.07. The Balaban J connectivity index is 2.07. The third kappa shape index (κ3) is 1.44. The zero-order valence-corrected chi connectivity index (χ0v) is 9.06. The second kappa shape index (κ2) is 3.75. The molecule has 0 aromatic carbocycles. The van der Waals surface area contributed by atoms with E-state index in [0.29, 0.717) is 22.9 Å². The number of aromatic nitrogens is 2. The van der Waals surface area contributed by atoms with Crippen molar-refractivity contribution in [3.8, 4) is 5.75 Å². The lowest BCUT2D eigenvalue weighted by Gasteiger charge is -1.99. The molecule has 2 aromatic rings. The van der Waals surface area contributed by atoms with Crippen LogP contribution >= 0.6 is 0 Å². The number of nitrogens with zero attached hydrogens (tertiary/aromatic N) is 2. The van der Waals surface area contributed by atoms with Gasteiger partial charge in [0, 0.05) is 24.7 Å². The Morgan fingerprint density at radius 3 is 3.25 bits per heavy atom. The summed E-state index contributed by atoms with van der Waals surface area (Å²) in [4.78, 5) is 8.62. The van der Waals surface area contributed by atoms with Crippen LogP contribution in [0.25, 0.3) is 11.2 Å². The summed E-state index contributed by atoms with van der Waals surface area (Å²) in [6.45, 7) is 1.95. The van der Waals surface area contributed by atoms with Gasteiger partial charge in [-0.2, -0.15) is 0 Å². The lowest BCUT2D eigenvalue weighted by molar-refractivity contribution is 0.418. The minimum Gasteiger partial charge on any atom is -0.494 e. The zero-order valence-electron chi connectivity index (χ0n) is 9.06. The second-order valence-electron chi connectivity index (χ2n) is 3.91. The van der Waals surface area contributed by atoms with Crippen LogP contribution in [0.1, 0.15) is 18.2 Å². The molecule has 0 bridgehead atoms. The number of oxazole rings is 1. The number of hydrogen-bond donors (Lipinski definition) is 1. The van der Waals surface area contributed by atoms with Crippen LogP contribution in [0.2, 0.25) is 0 Å². The molecule has 5 heteroatoms. The molecule has 0 saturated carbocycles. The molecule has 3 rings (SSSR count). The van der Waals surface area contributed by atoms with E-state index in [1.54, 1.807) is 19.4 Å². The molecule has 1 unspecified atom stereocenters. The van der Waals surface area contributed by atoms with Crippen LogP contribution in [0.3, 0.4) is 0 Å². The Morgan fingerprint density at radius 1 is 1.56 bits per heavy atom. The maximum atomic E-state index is 5.65. The fraction of sp³-hybridized carbons (Fsp3) is 0.455. The molecular formula is C11H13N3O2. The zero-order chi connectivity index (χ0) is 11.0. The second-order valence-corrected chi connectivity index (χ2v) is 3.91. The van der Waals surface area contributed by atoms with Crippen molar-refractivity contribution in [1.82, 2.24) is 15.3 Å². The summed E-state index contributed by atoms with van der Waals surface area (Å²) >= 11 is 0. The van der Waals surface area contributed by atoms with Gasteiger partial charge in [-0.15, -0.1) is 0 Å². The van der Waals surface area contributed by atoms with Crippen molar-refractivity contribution in [2.24, 2.45) is 0 Å². The van der Waals surface area contributed by atoms with Gasteiger partial charge in [-0.05, 0) is 13.0 Å². The summed E-state index contributed by atoms with van der Waals surface area (Å²) < 4.78 is 10.9. The molecule has 2 aromatic heterocycles. The van der Waals surface area contributed by atoms with Crippen molar-refractivity contribution in [3.63, 3.8) is 0 Å². The van der Waals surface area contributed by atoms with Crippen molar-refractivity contribution >= 4 is 11.2 Å². The van der Waals surface area contributed by atoms with Gasteiger partial charge >= 0.3 is 0 Å². The van der Waals surface area contributed by atoms with Crippen molar-refractivity contribution < 1.29 is 9.15 Å². The van der Waals surface area contributed by atoms with E-state index in [9.17, 15) is 0 Å². The molecule has 1 N–H and O–H groups in total. The van der Waals surface area contributed by atoms with Gasteiger partial charge in [0.05, 0.1) is 7.11 Å². The van der Waals surface area contributed by atoms with Crippen LogP contribution in [0, 0.1) is 0 Å². The largest absolute Gasteiger partial charge is 0.494 e. The molecule has 1 aliphatic heterocycles. The van der Waals surface area contributed by atoms with Gasteiger partial charge < -0.3 is 14.5 Å². The topological polar surface area (TPSA) is 60.2 Å². The predicted octanol–water partition coefficient (Wildman–Crippen LogP) is 1.31. The van der Waals surface area contributed by atoms with E-state index in [-0.39, 0.29) is 0 Å². The van der Waals surface area contributed by atoms with E-state index in [4.69, 9.17) is 9.15 Å². The van der Waals surface area contributed by atoms with Gasteiger partial charge in [0.2, 0.25) is 5.89 Å². The maximum absolute atomic E-state index is 5.65. The molecule has 1 saturated heterocycles. The summed E-state index contributed by atoms with van der Waals surface area (Å²) in [7, 11) is 1.63. The highest BCUT2D eigenvalue weighted by Gasteiger charge is 2.23. The fourth-order valence-electron chi connectivity index (χ4n) is 2.03. The smallest absolute Gasteiger partial charge is 0.250 e. The van der Waals surface area contributed by atoms with Crippen LogP contribution < -0.4 is 10.1 Å². The first-order valence-corrected chi connectivity index (χ1v) is 5.38. The third-order valence-electron chi connectivity index (χ3n) is 2.91. The average Bonchev–Trinajstić information content (AvgIpc) is 2.96. The summed E-state index contributed by atoms with van der Waals surface area (Å²) in [6.07, 6.45) is 2.73. The average molecular weight is 219 g/mol. The molecule has 1 fully saturated rings. The van der Waals surface area contributed by atoms with E-state index < -0.39 is 0 Å². The number of fused-ring (bicyclic) bond motifs is 1. The lowest BCUT2D eigenvalue weighted by atomic mass is 10.1. The number of hydrogen-bond acceptors (Lipinski definition) is 5. The Bertz CT molecular complexity index is 503. The van der Waals surface area contributed by atoms with Crippen molar-refractivity contribution in [2.45, 2.75) is 12.3 Å². The first-order valence-electron chi connectivity index (χ1n) is 5.38. The van der Waals surface area contributed by atoms with E-state index in [0.717, 1.165) is 25.4 Å². The number of ether oxygens (including phenoxy) is 1. The van der Waals surface area contributed by atoms with Crippen LogP contribution in [0.4, 0.5) is 0 Å². The minimum atomic E-state index is 0.360. The van der Waals surface area contributed by atoms with Gasteiger partial charge in [0.15, 0.2) is 11.3 Å². The molecule has 16 heavy (non-hydrogen) atoms. The highest BCUT2D eigenvalue weighted by atomic mass is 16.5. The van der Waals surface area contributed by atoms with E-state index in [1.807, 2.05) is 0 Å². The van der Waals surface area contributed by atoms with Gasteiger partial charge in [0.25, 0.3) is 5.71 Å². The first-order chi connectivity index (χ1) is 7.88. The fourth-order valence-corrected chi connectivity index (χ4v) is 2.03. The minimum absolute atomic E-state index is 0.360. The molecule has 3 heterocycles. The number of nitrogens with one attached hydrogen (secondary N) is 1. The molecule has 1 aliphatic rings. The Morgan fingerprint density at radius 2 is 2.50 bits per heavy atom. The molecule has 0 spiro atoms. The molecule has 0 radical (unpaired) electrons. The quantitative estimate of drug-likeness (QED) is 0.825. The molecule has 1 atom stereocenters. The Kier molecular flexibility index (Phi) is 2.25. The standard InChI is InChI=1S/C11H13N3O2/c1-15-8-3-5-13-11-9(8)14-10(16-11)7-2-4-12-6-7/h3,5,7,12H,2,4,6H2,1H3.